The van der Waals surface area contributed by atoms with Gasteiger partial charge in [-0.15, -0.1) is 0 Å². The van der Waals surface area contributed by atoms with Gasteiger partial charge in [0.15, 0.2) is 0 Å². The van der Waals surface area contributed by atoms with Crippen LogP contribution in [0.3, 0.4) is 0 Å². The zero-order valence-electron chi connectivity index (χ0n) is 5.48. The normalized spacial score (nSPS) is 11.6. The summed E-state index contributed by atoms with van der Waals surface area (Å²) in [6.45, 7) is 0. The molecule has 0 aliphatic heterocycles. The third-order valence-corrected chi connectivity index (χ3v) is 2.67. The van der Waals surface area contributed by atoms with Gasteiger partial charge < -0.3 is 0 Å². The summed E-state index contributed by atoms with van der Waals surface area (Å²) >= 11 is 5.56. The molecule has 0 aliphatic carbocycles. The highest BCUT2D eigenvalue weighted by Gasteiger charge is 2.36. The van der Waals surface area contributed by atoms with Crippen molar-refractivity contribution < 1.29 is 14.7 Å². The van der Waals surface area contributed by atoms with E-state index in [1.807, 2.05) is 0 Å². The Morgan fingerprint density at radius 1 is 1.09 bits per heavy atom. The maximum absolute atomic E-state index is 8.81. The predicted octanol–water partition coefficient (Wildman–Crippen LogP) is 0.705. The summed E-state index contributed by atoms with van der Waals surface area (Å²) in [5.41, 5.74) is 0. The molecule has 0 spiro atoms. The van der Waals surface area contributed by atoms with Gasteiger partial charge in [0.1, 0.15) is 0 Å². The van der Waals surface area contributed by atoms with Crippen LogP contribution in [0.5, 0.6) is 0 Å². The van der Waals surface area contributed by atoms with Crippen LogP contribution < -0.4 is 5.30 Å². The molecule has 0 heterocycles. The van der Waals surface area contributed by atoms with Crippen LogP contribution in [0.4, 0.5) is 0 Å². The maximum atomic E-state index is 8.81. The molecule has 1 aromatic rings. The van der Waals surface area contributed by atoms with Crippen LogP contribution >= 0.6 is 19.5 Å². The van der Waals surface area contributed by atoms with Gasteiger partial charge in [0.05, 0.1) is 5.02 Å². The Kier molecular flexibility index (Phi) is 2.47. The van der Waals surface area contributed by atoms with Crippen LogP contribution in [-0.2, 0) is 0 Å². The minimum atomic E-state index is -3.94. The van der Waals surface area contributed by atoms with E-state index in [1.54, 1.807) is 12.1 Å². The fraction of sp³-hybridized carbons (Fsp3) is 0. The lowest BCUT2D eigenvalue weighted by Gasteiger charge is -2.03. The summed E-state index contributed by atoms with van der Waals surface area (Å²) in [7, 11) is -3.94. The lowest BCUT2D eigenvalue weighted by Crippen LogP contribution is -2.09. The predicted molar refractivity (Wildman–Crippen MR) is 44.7 cm³/mol. The van der Waals surface area contributed by atoms with Crippen LogP contribution in [0.25, 0.3) is 0 Å². The molecular formula is C6H7ClO3P+. The molecule has 3 nitrogen and oxygen atoms in total. The lowest BCUT2D eigenvalue weighted by molar-refractivity contribution is 0.347. The molecule has 0 radical (unpaired) electrons. The topological polar surface area (TPSA) is 60.7 Å². The standard InChI is InChI=1S/C6H7ClO3P/c7-5-3-1-2-4-6(5)11(8,9)10/h1-4,8-10H/q+1. The van der Waals surface area contributed by atoms with E-state index in [1.165, 1.54) is 12.1 Å². The van der Waals surface area contributed by atoms with Gasteiger partial charge in [0, 0.05) is 0 Å². The van der Waals surface area contributed by atoms with Gasteiger partial charge in [0.25, 0.3) is 0 Å². The van der Waals surface area contributed by atoms with Crippen LogP contribution in [-0.4, -0.2) is 14.7 Å². The number of hydrogen-bond acceptors (Lipinski definition) is 3. The number of benzene rings is 1. The van der Waals surface area contributed by atoms with Crippen molar-refractivity contribution in [2.24, 2.45) is 0 Å². The van der Waals surface area contributed by atoms with Crippen LogP contribution in [0, 0.1) is 0 Å². The van der Waals surface area contributed by atoms with Gasteiger partial charge in [-0.3, -0.25) is 0 Å². The first-order valence-corrected chi connectivity index (χ1v) is 4.87. The van der Waals surface area contributed by atoms with E-state index in [9.17, 15) is 0 Å². The monoisotopic (exact) mass is 193 g/mol. The Morgan fingerprint density at radius 2 is 1.64 bits per heavy atom. The highest BCUT2D eigenvalue weighted by molar-refractivity contribution is 7.67. The van der Waals surface area contributed by atoms with Crippen molar-refractivity contribution in [3.05, 3.63) is 29.3 Å². The smallest absolute Gasteiger partial charge is 0.189 e. The molecule has 0 bridgehead atoms. The third-order valence-electron chi connectivity index (χ3n) is 1.18. The maximum Gasteiger partial charge on any atom is 0.442 e. The summed E-state index contributed by atoms with van der Waals surface area (Å²) in [4.78, 5) is 26.4. The Balaban J connectivity index is 3.14. The molecular weight excluding hydrogens is 186 g/mol. The molecule has 11 heavy (non-hydrogen) atoms. The SMILES string of the molecule is O[P+](O)(O)c1ccccc1Cl. The molecule has 1 aromatic carbocycles. The van der Waals surface area contributed by atoms with Gasteiger partial charge in [0.2, 0.25) is 5.30 Å². The van der Waals surface area contributed by atoms with Crippen LogP contribution in [0.1, 0.15) is 0 Å². The average Bonchev–Trinajstić information content (AvgIpc) is 1.86. The van der Waals surface area contributed by atoms with Crippen LogP contribution in [0.2, 0.25) is 5.02 Å². The van der Waals surface area contributed by atoms with E-state index in [-0.39, 0.29) is 10.3 Å². The molecule has 60 valence electrons. The number of rotatable bonds is 1. The molecule has 0 aromatic heterocycles. The van der Waals surface area contributed by atoms with Crippen molar-refractivity contribution in [1.29, 1.82) is 0 Å². The third kappa shape index (κ3) is 2.12. The van der Waals surface area contributed by atoms with Gasteiger partial charge in [-0.25, -0.2) is 0 Å². The van der Waals surface area contributed by atoms with E-state index in [2.05, 4.69) is 0 Å². The summed E-state index contributed by atoms with van der Waals surface area (Å²) in [6, 6.07) is 6.06. The van der Waals surface area contributed by atoms with Gasteiger partial charge in [-0.2, -0.15) is 14.7 Å². The second-order valence-corrected chi connectivity index (χ2v) is 4.05. The lowest BCUT2D eigenvalue weighted by atomic mass is 10.4. The molecule has 1 rings (SSSR count). The van der Waals surface area contributed by atoms with Gasteiger partial charge in [-0.05, 0) is 12.1 Å². The summed E-state index contributed by atoms with van der Waals surface area (Å²) < 4.78 is 0. The van der Waals surface area contributed by atoms with Crippen molar-refractivity contribution in [3.63, 3.8) is 0 Å². The van der Waals surface area contributed by atoms with Crippen molar-refractivity contribution in [2.45, 2.75) is 0 Å². The summed E-state index contributed by atoms with van der Waals surface area (Å²) in [5, 5.41) is 0.148. The first-order valence-electron chi connectivity index (χ1n) is 2.84. The molecule has 0 saturated heterocycles. The summed E-state index contributed by atoms with van der Waals surface area (Å²) in [6.07, 6.45) is 0. The number of halogens is 1. The molecule has 0 fully saturated rings. The van der Waals surface area contributed by atoms with E-state index in [0.29, 0.717) is 0 Å². The second-order valence-electron chi connectivity index (χ2n) is 2.02. The molecule has 0 saturated carbocycles. The fourth-order valence-corrected chi connectivity index (χ4v) is 1.82. The van der Waals surface area contributed by atoms with Gasteiger partial charge >= 0.3 is 7.94 Å². The second kappa shape index (κ2) is 3.05. The van der Waals surface area contributed by atoms with Crippen molar-refractivity contribution in [1.82, 2.24) is 0 Å². The highest BCUT2D eigenvalue weighted by Crippen LogP contribution is 2.44. The quantitative estimate of drug-likeness (QED) is 0.576. The molecule has 3 N–H and O–H groups in total. The molecule has 0 unspecified atom stereocenters. The Morgan fingerprint density at radius 3 is 2.00 bits per heavy atom. The zero-order valence-corrected chi connectivity index (χ0v) is 7.13. The zero-order chi connectivity index (χ0) is 8.48. The molecule has 0 aliphatic rings. The van der Waals surface area contributed by atoms with E-state index in [0.717, 1.165) is 0 Å². The van der Waals surface area contributed by atoms with Crippen molar-refractivity contribution in [2.75, 3.05) is 0 Å². The number of hydrogen-bond donors (Lipinski definition) is 3. The Bertz CT molecular complexity index is 258. The Hall–Kier alpha value is -0.180. The minimum absolute atomic E-state index is 0.0123. The molecule has 0 atom stereocenters. The minimum Gasteiger partial charge on any atom is -0.189 e. The first kappa shape index (κ1) is 8.91. The van der Waals surface area contributed by atoms with Crippen molar-refractivity contribution >= 4 is 24.8 Å². The van der Waals surface area contributed by atoms with Crippen molar-refractivity contribution in [3.8, 4) is 0 Å². The van der Waals surface area contributed by atoms with E-state index in [4.69, 9.17) is 26.3 Å². The fourth-order valence-electron chi connectivity index (χ4n) is 0.695. The average molecular weight is 194 g/mol. The first-order chi connectivity index (χ1) is 5.02. The van der Waals surface area contributed by atoms with Crippen LogP contribution in [0.15, 0.2) is 24.3 Å². The molecule has 0 amide bonds. The molecule has 5 heteroatoms. The Labute approximate surface area is 69.5 Å². The summed E-state index contributed by atoms with van der Waals surface area (Å²) in [5.74, 6) is 0. The van der Waals surface area contributed by atoms with E-state index >= 15 is 0 Å². The largest absolute Gasteiger partial charge is 0.442 e. The van der Waals surface area contributed by atoms with Gasteiger partial charge in [-0.1, -0.05) is 23.7 Å². The highest BCUT2D eigenvalue weighted by atomic mass is 35.5. The van der Waals surface area contributed by atoms with E-state index < -0.39 is 7.94 Å².